The second kappa shape index (κ2) is 4.36. The molecular formula is C9H6ClN5O2S. The van der Waals surface area contributed by atoms with Crippen LogP contribution in [0.25, 0.3) is 5.95 Å². The Hall–Kier alpha value is -1.98. The highest BCUT2D eigenvalue weighted by atomic mass is 35.7. The highest BCUT2D eigenvalue weighted by molar-refractivity contribution is 8.13. The molecule has 7 nitrogen and oxygen atoms in total. The van der Waals surface area contributed by atoms with Crippen molar-refractivity contribution in [2.75, 3.05) is 0 Å². The summed E-state index contributed by atoms with van der Waals surface area (Å²) in [5, 5.41) is 12.5. The topological polar surface area (TPSA) is 102 Å². The van der Waals surface area contributed by atoms with Gasteiger partial charge in [0, 0.05) is 23.1 Å². The summed E-state index contributed by atoms with van der Waals surface area (Å²) < 4.78 is 24.0. The third-order valence-electron chi connectivity index (χ3n) is 2.10. The number of hydrogen-bond donors (Lipinski definition) is 0. The minimum atomic E-state index is -4.13. The average Bonchev–Trinajstić information content (AvgIpc) is 2.67. The van der Waals surface area contributed by atoms with Crippen LogP contribution in [0.2, 0.25) is 0 Å². The van der Waals surface area contributed by atoms with E-state index in [-0.39, 0.29) is 17.2 Å². The molecule has 18 heavy (non-hydrogen) atoms. The van der Waals surface area contributed by atoms with Gasteiger partial charge in [-0.15, -0.1) is 0 Å². The molecule has 0 N–H and O–H groups in total. The van der Waals surface area contributed by atoms with Crippen molar-refractivity contribution in [2.24, 2.45) is 0 Å². The first-order chi connectivity index (χ1) is 8.45. The summed E-state index contributed by atoms with van der Waals surface area (Å²) in [7, 11) is 1.18. The summed E-state index contributed by atoms with van der Waals surface area (Å²) in [6.07, 6.45) is 2.85. The molecule has 0 aliphatic carbocycles. The molecule has 0 saturated carbocycles. The molecule has 0 amide bonds. The number of rotatable bonds is 2. The molecule has 0 aromatic carbocycles. The Kier molecular flexibility index (Phi) is 3.02. The lowest BCUT2D eigenvalue weighted by Gasteiger charge is -2.01. The average molecular weight is 284 g/mol. The molecule has 92 valence electrons. The third kappa shape index (κ3) is 2.05. The lowest BCUT2D eigenvalue weighted by molar-refractivity contribution is 0.596. The van der Waals surface area contributed by atoms with Crippen LogP contribution in [0.4, 0.5) is 0 Å². The van der Waals surface area contributed by atoms with E-state index in [0.717, 1.165) is 4.68 Å². The van der Waals surface area contributed by atoms with Crippen LogP contribution in [-0.4, -0.2) is 28.2 Å². The molecule has 2 heterocycles. The van der Waals surface area contributed by atoms with Gasteiger partial charge in [-0.25, -0.2) is 18.4 Å². The Morgan fingerprint density at radius 1 is 1.39 bits per heavy atom. The summed E-state index contributed by atoms with van der Waals surface area (Å²) in [5.41, 5.74) is 0.127. The normalized spacial score (nSPS) is 11.2. The van der Waals surface area contributed by atoms with Gasteiger partial charge in [0.1, 0.15) is 11.6 Å². The molecule has 2 aromatic heterocycles. The maximum atomic E-state index is 11.5. The van der Waals surface area contributed by atoms with Gasteiger partial charge in [-0.1, -0.05) is 0 Å². The monoisotopic (exact) mass is 283 g/mol. The van der Waals surface area contributed by atoms with Crippen molar-refractivity contribution in [3.63, 3.8) is 0 Å². The Balaban J connectivity index is 2.83. The fraction of sp³-hybridized carbons (Fsp3) is 0.111. The van der Waals surface area contributed by atoms with E-state index in [9.17, 15) is 8.42 Å². The fourth-order valence-electron chi connectivity index (χ4n) is 1.40. The zero-order valence-electron chi connectivity index (χ0n) is 9.07. The van der Waals surface area contributed by atoms with Crippen LogP contribution in [-0.2, 0) is 9.05 Å². The largest absolute Gasteiger partial charge is 0.280 e. The number of aryl methyl sites for hydroxylation is 1. The maximum absolute atomic E-state index is 11.5. The van der Waals surface area contributed by atoms with E-state index in [1.807, 2.05) is 0 Å². The predicted molar refractivity (Wildman–Crippen MR) is 61.6 cm³/mol. The fourth-order valence-corrected chi connectivity index (χ4v) is 2.59. The van der Waals surface area contributed by atoms with Gasteiger partial charge in [-0.3, -0.25) is 0 Å². The highest BCUT2D eigenvalue weighted by Crippen LogP contribution is 2.23. The van der Waals surface area contributed by atoms with Crippen LogP contribution in [0.1, 0.15) is 11.3 Å². The van der Waals surface area contributed by atoms with Crippen LogP contribution >= 0.6 is 10.7 Å². The van der Waals surface area contributed by atoms with Gasteiger partial charge in [-0.05, 0) is 13.0 Å². The standard InChI is InChI=1S/C9H6ClN5O2S/c1-6-7(5-11)8(18(10,16)17)15(14-6)9-12-3-2-4-13-9/h2-4H,1H3. The number of halogens is 1. The Morgan fingerprint density at radius 2 is 2.00 bits per heavy atom. The second-order valence-electron chi connectivity index (χ2n) is 3.28. The van der Waals surface area contributed by atoms with Crippen LogP contribution in [0.15, 0.2) is 23.5 Å². The molecule has 0 spiro atoms. The summed E-state index contributed by atoms with van der Waals surface area (Å²) in [6.45, 7) is 1.50. The van der Waals surface area contributed by atoms with E-state index in [2.05, 4.69) is 15.1 Å². The molecule has 0 atom stereocenters. The Morgan fingerprint density at radius 3 is 2.50 bits per heavy atom. The number of aromatic nitrogens is 4. The second-order valence-corrected chi connectivity index (χ2v) is 5.76. The molecule has 0 unspecified atom stereocenters. The first-order valence-electron chi connectivity index (χ1n) is 4.67. The van der Waals surface area contributed by atoms with Gasteiger partial charge >= 0.3 is 0 Å². The molecule has 9 heteroatoms. The molecule has 0 radical (unpaired) electrons. The van der Waals surface area contributed by atoms with Gasteiger partial charge in [0.25, 0.3) is 15.0 Å². The molecular weight excluding hydrogens is 278 g/mol. The molecule has 2 aromatic rings. The zero-order valence-corrected chi connectivity index (χ0v) is 10.6. The summed E-state index contributed by atoms with van der Waals surface area (Å²) in [5.74, 6) is 0.0290. The van der Waals surface area contributed by atoms with Crippen molar-refractivity contribution in [2.45, 2.75) is 11.9 Å². The van der Waals surface area contributed by atoms with Crippen molar-refractivity contribution in [3.05, 3.63) is 29.7 Å². The van der Waals surface area contributed by atoms with E-state index < -0.39 is 14.1 Å². The summed E-state index contributed by atoms with van der Waals surface area (Å²) >= 11 is 0. The van der Waals surface area contributed by atoms with Crippen LogP contribution in [0.3, 0.4) is 0 Å². The molecule has 2 rings (SSSR count). The van der Waals surface area contributed by atoms with Gasteiger partial charge in [0.15, 0.2) is 5.03 Å². The molecule has 0 aliphatic heterocycles. The Bertz CT molecular complexity index is 732. The zero-order chi connectivity index (χ0) is 13.3. The minimum absolute atomic E-state index is 0.0290. The van der Waals surface area contributed by atoms with Crippen molar-refractivity contribution in [1.29, 1.82) is 5.26 Å². The molecule has 0 aliphatic rings. The lowest BCUT2D eigenvalue weighted by Crippen LogP contribution is -2.09. The van der Waals surface area contributed by atoms with Gasteiger partial charge in [0.2, 0.25) is 0 Å². The van der Waals surface area contributed by atoms with Gasteiger partial charge < -0.3 is 0 Å². The maximum Gasteiger partial charge on any atom is 0.280 e. The minimum Gasteiger partial charge on any atom is -0.220 e. The van der Waals surface area contributed by atoms with E-state index in [0.29, 0.717) is 0 Å². The van der Waals surface area contributed by atoms with Gasteiger partial charge in [0.05, 0.1) is 5.69 Å². The lowest BCUT2D eigenvalue weighted by atomic mass is 10.3. The van der Waals surface area contributed by atoms with E-state index in [4.69, 9.17) is 15.9 Å². The van der Waals surface area contributed by atoms with E-state index in [1.165, 1.54) is 19.3 Å². The number of hydrogen-bond acceptors (Lipinski definition) is 6. The molecule has 0 fully saturated rings. The van der Waals surface area contributed by atoms with Crippen molar-refractivity contribution in [1.82, 2.24) is 19.7 Å². The Labute approximate surface area is 107 Å². The van der Waals surface area contributed by atoms with E-state index in [1.54, 1.807) is 12.1 Å². The first-order valence-corrected chi connectivity index (χ1v) is 6.98. The van der Waals surface area contributed by atoms with Crippen LogP contribution < -0.4 is 0 Å². The number of nitrogens with zero attached hydrogens (tertiary/aromatic N) is 5. The van der Waals surface area contributed by atoms with Crippen molar-refractivity contribution >= 4 is 19.7 Å². The van der Waals surface area contributed by atoms with Crippen molar-refractivity contribution in [3.8, 4) is 12.0 Å². The van der Waals surface area contributed by atoms with E-state index >= 15 is 0 Å². The smallest absolute Gasteiger partial charge is 0.220 e. The first kappa shape index (κ1) is 12.5. The quantitative estimate of drug-likeness (QED) is 0.754. The number of nitriles is 1. The predicted octanol–water partition coefficient (Wildman–Crippen LogP) is 0.770. The summed E-state index contributed by atoms with van der Waals surface area (Å²) in [6, 6.07) is 3.33. The van der Waals surface area contributed by atoms with Gasteiger partial charge in [-0.2, -0.15) is 15.0 Å². The molecule has 0 saturated heterocycles. The SMILES string of the molecule is Cc1nn(-c2ncccn2)c(S(=O)(=O)Cl)c1C#N. The third-order valence-corrected chi connectivity index (χ3v) is 3.38. The molecule has 0 bridgehead atoms. The van der Waals surface area contributed by atoms with Crippen LogP contribution in [0, 0.1) is 18.3 Å². The van der Waals surface area contributed by atoms with Crippen molar-refractivity contribution < 1.29 is 8.42 Å². The van der Waals surface area contributed by atoms with Crippen LogP contribution in [0.5, 0.6) is 0 Å². The summed E-state index contributed by atoms with van der Waals surface area (Å²) in [4.78, 5) is 7.74. The highest BCUT2D eigenvalue weighted by Gasteiger charge is 2.27.